The molecule has 0 unspecified atom stereocenters. The molecule has 1 aromatic carbocycles. The minimum Gasteiger partial charge on any atom is -0.484 e. The molecular formula is C14H15F3N2O2. The fraction of sp³-hybridized carbons (Fsp3) is 0.357. The third-order valence-corrected chi connectivity index (χ3v) is 3.15. The van der Waals surface area contributed by atoms with Gasteiger partial charge < -0.3 is 15.4 Å². The maximum absolute atomic E-state index is 12.5. The van der Waals surface area contributed by atoms with Crippen LogP contribution in [0.5, 0.6) is 5.75 Å². The van der Waals surface area contributed by atoms with Crippen molar-refractivity contribution in [3.63, 3.8) is 0 Å². The molecule has 0 radical (unpaired) electrons. The van der Waals surface area contributed by atoms with Crippen molar-refractivity contribution in [2.24, 2.45) is 0 Å². The quantitative estimate of drug-likeness (QED) is 0.689. The SMILES string of the molecule is Nc1cccc(OCC(=O)N2CC=C(C(F)(F)F)CC2)c1. The zero-order valence-corrected chi connectivity index (χ0v) is 11.2. The van der Waals surface area contributed by atoms with Crippen LogP contribution in [0, 0.1) is 0 Å². The second-order valence-corrected chi connectivity index (χ2v) is 4.68. The van der Waals surface area contributed by atoms with Crippen molar-refractivity contribution in [2.75, 3.05) is 25.4 Å². The average molecular weight is 300 g/mol. The number of amides is 1. The van der Waals surface area contributed by atoms with E-state index in [2.05, 4.69) is 0 Å². The number of hydrogen-bond donors (Lipinski definition) is 1. The number of benzene rings is 1. The van der Waals surface area contributed by atoms with Crippen LogP contribution in [-0.2, 0) is 4.79 Å². The molecule has 21 heavy (non-hydrogen) atoms. The van der Waals surface area contributed by atoms with Crippen LogP contribution < -0.4 is 10.5 Å². The van der Waals surface area contributed by atoms with Gasteiger partial charge in [-0.05, 0) is 18.6 Å². The second kappa shape index (κ2) is 6.07. The second-order valence-electron chi connectivity index (χ2n) is 4.68. The number of carbonyl (C=O) groups is 1. The monoisotopic (exact) mass is 300 g/mol. The largest absolute Gasteiger partial charge is 0.484 e. The van der Waals surface area contributed by atoms with Gasteiger partial charge in [0.2, 0.25) is 0 Å². The molecule has 0 aromatic heterocycles. The zero-order chi connectivity index (χ0) is 15.5. The van der Waals surface area contributed by atoms with E-state index in [0.717, 1.165) is 6.08 Å². The summed E-state index contributed by atoms with van der Waals surface area (Å²) in [5.74, 6) is 0.0989. The topological polar surface area (TPSA) is 55.6 Å². The molecule has 2 rings (SSSR count). The van der Waals surface area contributed by atoms with Crippen LogP contribution in [0.4, 0.5) is 18.9 Å². The molecule has 0 saturated carbocycles. The number of nitrogens with two attached hydrogens (primary N) is 1. The van der Waals surface area contributed by atoms with Crippen LogP contribution in [0.2, 0.25) is 0 Å². The maximum Gasteiger partial charge on any atom is 0.412 e. The van der Waals surface area contributed by atoms with Gasteiger partial charge >= 0.3 is 6.18 Å². The molecule has 0 aliphatic carbocycles. The Hall–Kier alpha value is -2.18. The van der Waals surface area contributed by atoms with Crippen molar-refractivity contribution < 1.29 is 22.7 Å². The zero-order valence-electron chi connectivity index (χ0n) is 11.2. The molecular weight excluding hydrogens is 285 g/mol. The Kier molecular flexibility index (Phi) is 4.40. The molecule has 0 fully saturated rings. The Labute approximate surface area is 120 Å². The summed E-state index contributed by atoms with van der Waals surface area (Å²) in [6, 6.07) is 6.60. The lowest BCUT2D eigenvalue weighted by Gasteiger charge is -2.27. The van der Waals surface area contributed by atoms with Crippen LogP contribution >= 0.6 is 0 Å². The number of anilines is 1. The van der Waals surface area contributed by atoms with E-state index >= 15 is 0 Å². The van der Waals surface area contributed by atoms with Gasteiger partial charge in [0, 0.05) is 30.4 Å². The van der Waals surface area contributed by atoms with Crippen molar-refractivity contribution in [2.45, 2.75) is 12.6 Å². The van der Waals surface area contributed by atoms with E-state index in [1.54, 1.807) is 24.3 Å². The first-order chi connectivity index (χ1) is 9.86. The number of alkyl halides is 3. The molecule has 0 saturated heterocycles. The summed E-state index contributed by atoms with van der Waals surface area (Å²) >= 11 is 0. The van der Waals surface area contributed by atoms with Gasteiger partial charge in [-0.25, -0.2) is 0 Å². The van der Waals surface area contributed by atoms with Crippen molar-refractivity contribution >= 4 is 11.6 Å². The van der Waals surface area contributed by atoms with Crippen molar-refractivity contribution in [1.82, 2.24) is 4.90 Å². The first-order valence-corrected chi connectivity index (χ1v) is 6.38. The number of ether oxygens (including phenoxy) is 1. The Morgan fingerprint density at radius 3 is 2.71 bits per heavy atom. The molecule has 0 atom stereocenters. The number of nitrogen functional groups attached to an aromatic ring is 1. The van der Waals surface area contributed by atoms with Crippen LogP contribution in [0.15, 0.2) is 35.9 Å². The highest BCUT2D eigenvalue weighted by Crippen LogP contribution is 2.30. The fourth-order valence-electron chi connectivity index (χ4n) is 1.99. The highest BCUT2D eigenvalue weighted by atomic mass is 19.4. The summed E-state index contributed by atoms with van der Waals surface area (Å²) in [6.45, 7) is -0.225. The van der Waals surface area contributed by atoms with Crippen LogP contribution in [-0.4, -0.2) is 36.7 Å². The van der Waals surface area contributed by atoms with E-state index in [1.165, 1.54) is 4.90 Å². The lowest BCUT2D eigenvalue weighted by atomic mass is 10.1. The molecule has 1 amide bonds. The van der Waals surface area contributed by atoms with Gasteiger partial charge in [0.15, 0.2) is 6.61 Å². The molecule has 0 bridgehead atoms. The minimum atomic E-state index is -4.31. The van der Waals surface area contributed by atoms with Crippen LogP contribution in [0.3, 0.4) is 0 Å². The van der Waals surface area contributed by atoms with Gasteiger partial charge in [-0.3, -0.25) is 4.79 Å². The van der Waals surface area contributed by atoms with Gasteiger partial charge in [0.1, 0.15) is 5.75 Å². The first-order valence-electron chi connectivity index (χ1n) is 6.38. The highest BCUT2D eigenvalue weighted by Gasteiger charge is 2.35. The third kappa shape index (κ3) is 4.14. The maximum atomic E-state index is 12.5. The molecule has 114 valence electrons. The highest BCUT2D eigenvalue weighted by molar-refractivity contribution is 5.78. The van der Waals surface area contributed by atoms with Crippen molar-refractivity contribution in [1.29, 1.82) is 0 Å². The van der Waals surface area contributed by atoms with E-state index in [4.69, 9.17) is 10.5 Å². The van der Waals surface area contributed by atoms with Gasteiger partial charge in [0.05, 0.1) is 0 Å². The van der Waals surface area contributed by atoms with Gasteiger partial charge in [-0.1, -0.05) is 12.1 Å². The molecule has 4 nitrogen and oxygen atoms in total. The molecule has 2 N–H and O–H groups in total. The predicted octanol–water partition coefficient (Wildman–Crippen LogP) is 2.37. The smallest absolute Gasteiger partial charge is 0.412 e. The van der Waals surface area contributed by atoms with E-state index in [9.17, 15) is 18.0 Å². The molecule has 0 spiro atoms. The number of hydrogen-bond acceptors (Lipinski definition) is 3. The number of halogens is 3. The van der Waals surface area contributed by atoms with E-state index in [-0.39, 0.29) is 32.0 Å². The first kappa shape index (κ1) is 15.2. The molecule has 7 heteroatoms. The summed E-state index contributed by atoms with van der Waals surface area (Å²) in [5.41, 5.74) is 5.50. The standard InChI is InChI=1S/C14H15F3N2O2/c15-14(16,17)10-4-6-19(7-5-10)13(20)9-21-12-3-1-2-11(18)8-12/h1-4,8H,5-7,9,18H2. The lowest BCUT2D eigenvalue weighted by molar-refractivity contribution is -0.134. The van der Waals surface area contributed by atoms with E-state index in [0.29, 0.717) is 11.4 Å². The van der Waals surface area contributed by atoms with Gasteiger partial charge in [-0.2, -0.15) is 13.2 Å². The Morgan fingerprint density at radius 1 is 1.38 bits per heavy atom. The normalized spacial score (nSPS) is 15.6. The summed E-state index contributed by atoms with van der Waals surface area (Å²) in [7, 11) is 0. The summed E-state index contributed by atoms with van der Waals surface area (Å²) in [6.07, 6.45) is -3.46. The van der Waals surface area contributed by atoms with Gasteiger partial charge in [0.25, 0.3) is 5.91 Å². The Morgan fingerprint density at radius 2 is 2.14 bits per heavy atom. The summed E-state index contributed by atoms with van der Waals surface area (Å²) in [5, 5.41) is 0. The van der Waals surface area contributed by atoms with Gasteiger partial charge in [-0.15, -0.1) is 0 Å². The summed E-state index contributed by atoms with van der Waals surface area (Å²) < 4.78 is 42.7. The molecule has 1 aliphatic heterocycles. The number of nitrogens with zero attached hydrogens (tertiary/aromatic N) is 1. The summed E-state index contributed by atoms with van der Waals surface area (Å²) in [4.78, 5) is 13.2. The average Bonchev–Trinajstić information content (AvgIpc) is 2.44. The van der Waals surface area contributed by atoms with E-state index < -0.39 is 11.7 Å². The van der Waals surface area contributed by atoms with Crippen LogP contribution in [0.1, 0.15) is 6.42 Å². The number of rotatable bonds is 3. The minimum absolute atomic E-state index is 0.0461. The molecule has 1 aliphatic rings. The Bertz CT molecular complexity index is 555. The molecule has 1 heterocycles. The van der Waals surface area contributed by atoms with E-state index in [1.807, 2.05) is 0 Å². The van der Waals surface area contributed by atoms with Crippen molar-refractivity contribution in [3.05, 3.63) is 35.9 Å². The number of carbonyl (C=O) groups excluding carboxylic acids is 1. The third-order valence-electron chi connectivity index (χ3n) is 3.15. The lowest BCUT2D eigenvalue weighted by Crippen LogP contribution is -2.39. The Balaban J connectivity index is 1.87. The van der Waals surface area contributed by atoms with Crippen LogP contribution in [0.25, 0.3) is 0 Å². The van der Waals surface area contributed by atoms with Crippen molar-refractivity contribution in [3.8, 4) is 5.75 Å². The predicted molar refractivity (Wildman–Crippen MR) is 71.7 cm³/mol. The molecule has 1 aromatic rings. The fourth-order valence-corrected chi connectivity index (χ4v) is 1.99.